The van der Waals surface area contributed by atoms with E-state index in [1.54, 1.807) is 36.4 Å². The van der Waals surface area contributed by atoms with Crippen molar-refractivity contribution >= 4 is 38.5 Å². The first-order valence-electron chi connectivity index (χ1n) is 10.1. The third-order valence-electron chi connectivity index (χ3n) is 5.22. The monoisotopic (exact) mass is 473 g/mol. The van der Waals surface area contributed by atoms with Gasteiger partial charge in [-0.05, 0) is 42.5 Å². The predicted molar refractivity (Wildman–Crippen MR) is 124 cm³/mol. The Morgan fingerprint density at radius 3 is 2.44 bits per heavy atom. The van der Waals surface area contributed by atoms with Gasteiger partial charge in [0.05, 0.1) is 26.6 Å². The first-order chi connectivity index (χ1) is 16.5. The third-order valence-corrected chi connectivity index (χ3v) is 7.04. The van der Waals surface area contributed by atoms with E-state index >= 15 is 0 Å². The van der Waals surface area contributed by atoms with E-state index in [9.17, 15) is 17.6 Å². The zero-order valence-corrected chi connectivity index (χ0v) is 18.3. The highest BCUT2D eigenvalue weighted by atomic mass is 32.2. The summed E-state index contributed by atoms with van der Waals surface area (Å²) in [5.41, 5.74) is 0.728. The number of nitrogens with zero attached hydrogens (tertiary/aromatic N) is 2. The van der Waals surface area contributed by atoms with Gasteiger partial charge in [0.1, 0.15) is 23.7 Å². The average molecular weight is 473 g/mol. The van der Waals surface area contributed by atoms with Crippen LogP contribution in [0.25, 0.3) is 22.2 Å². The number of sulfone groups is 1. The second kappa shape index (κ2) is 8.53. The molecule has 0 aliphatic carbocycles. The fourth-order valence-corrected chi connectivity index (χ4v) is 5.02. The number of hydrogen-bond donors (Lipinski definition) is 1. The lowest BCUT2D eigenvalue weighted by molar-refractivity contribution is 0.110. The van der Waals surface area contributed by atoms with Crippen molar-refractivity contribution in [2.24, 2.45) is 0 Å². The molecule has 0 saturated carbocycles. The number of nitrogens with one attached hydrogen (secondary N) is 1. The number of rotatable bonds is 6. The van der Waals surface area contributed by atoms with E-state index in [1.165, 1.54) is 48.8 Å². The van der Waals surface area contributed by atoms with E-state index < -0.39 is 15.7 Å². The lowest BCUT2D eigenvalue weighted by atomic mass is 10.1. The van der Waals surface area contributed by atoms with E-state index in [4.69, 9.17) is 4.42 Å². The Balaban J connectivity index is 1.62. The Morgan fingerprint density at radius 2 is 1.68 bits per heavy atom. The molecule has 0 atom stereocenters. The van der Waals surface area contributed by atoms with Crippen LogP contribution in [-0.4, -0.2) is 24.7 Å². The predicted octanol–water partition coefficient (Wildman–Crippen LogP) is 5.42. The zero-order chi connectivity index (χ0) is 23.7. The minimum atomic E-state index is -3.82. The van der Waals surface area contributed by atoms with Gasteiger partial charge in [-0.1, -0.05) is 30.3 Å². The van der Waals surface area contributed by atoms with Crippen molar-refractivity contribution in [3.63, 3.8) is 0 Å². The summed E-state index contributed by atoms with van der Waals surface area (Å²) in [5.74, 6) is -0.0688. The summed E-state index contributed by atoms with van der Waals surface area (Å²) in [4.78, 5) is 19.6. The molecule has 34 heavy (non-hydrogen) atoms. The van der Waals surface area contributed by atoms with E-state index in [0.717, 1.165) is 0 Å². The highest BCUT2D eigenvalue weighted by Crippen LogP contribution is 2.34. The zero-order valence-electron chi connectivity index (χ0n) is 17.5. The Labute approximate surface area is 193 Å². The molecule has 0 aliphatic heterocycles. The highest BCUT2D eigenvalue weighted by Gasteiger charge is 2.22. The summed E-state index contributed by atoms with van der Waals surface area (Å²) < 4.78 is 46.7. The van der Waals surface area contributed by atoms with Gasteiger partial charge in [0.2, 0.25) is 9.84 Å². The number of benzene rings is 3. The topological polar surface area (TPSA) is 102 Å². The number of halogens is 1. The molecule has 3 aromatic carbocycles. The van der Waals surface area contributed by atoms with Gasteiger partial charge < -0.3 is 9.73 Å². The van der Waals surface area contributed by atoms with Gasteiger partial charge in [0.25, 0.3) is 0 Å². The number of aldehydes is 1. The van der Waals surface area contributed by atoms with Crippen molar-refractivity contribution in [3.8, 4) is 11.3 Å². The number of carbonyl (C=O) groups is 1. The largest absolute Gasteiger partial charge is 0.453 e. The molecule has 9 heteroatoms. The Kier molecular flexibility index (Phi) is 5.39. The number of aromatic nitrogens is 2. The second-order valence-corrected chi connectivity index (χ2v) is 9.25. The quantitative estimate of drug-likeness (QED) is 0.329. The molecule has 0 bridgehead atoms. The lowest BCUT2D eigenvalue weighted by Gasteiger charge is -2.14. The van der Waals surface area contributed by atoms with Crippen molar-refractivity contribution in [1.82, 2.24) is 9.97 Å². The summed E-state index contributed by atoms with van der Waals surface area (Å²) >= 11 is 0. The molecule has 2 aromatic heterocycles. The molecule has 0 fully saturated rings. The van der Waals surface area contributed by atoms with Crippen LogP contribution in [0.3, 0.4) is 0 Å². The van der Waals surface area contributed by atoms with Gasteiger partial charge in [-0.25, -0.2) is 22.8 Å². The molecule has 0 saturated heterocycles. The maximum absolute atomic E-state index is 14.8. The number of anilines is 2. The van der Waals surface area contributed by atoms with Gasteiger partial charge in [-0.15, -0.1) is 0 Å². The van der Waals surface area contributed by atoms with Gasteiger partial charge in [0.15, 0.2) is 12.0 Å². The Bertz CT molecular complexity index is 1630. The molecule has 0 aliphatic rings. The van der Waals surface area contributed by atoms with E-state index in [1.807, 2.05) is 0 Å². The summed E-state index contributed by atoms with van der Waals surface area (Å²) in [6.45, 7) is 0. The number of carbonyl (C=O) groups excluding carboxylic acids is 1. The fourth-order valence-electron chi connectivity index (χ4n) is 3.59. The van der Waals surface area contributed by atoms with Crippen LogP contribution in [0.15, 0.2) is 99.4 Å². The van der Waals surface area contributed by atoms with Gasteiger partial charge in [0, 0.05) is 11.5 Å². The molecule has 5 aromatic rings. The van der Waals surface area contributed by atoms with E-state index in [0.29, 0.717) is 22.9 Å². The molecular weight excluding hydrogens is 457 g/mol. The van der Waals surface area contributed by atoms with Crippen LogP contribution >= 0.6 is 0 Å². The van der Waals surface area contributed by atoms with Crippen molar-refractivity contribution in [1.29, 1.82) is 0 Å². The van der Waals surface area contributed by atoms with E-state index in [2.05, 4.69) is 15.3 Å². The highest BCUT2D eigenvalue weighted by molar-refractivity contribution is 7.91. The van der Waals surface area contributed by atoms with Crippen LogP contribution in [-0.2, 0) is 9.84 Å². The molecule has 0 radical (unpaired) electrons. The van der Waals surface area contributed by atoms with Crippen molar-refractivity contribution in [2.75, 3.05) is 5.32 Å². The third kappa shape index (κ3) is 3.82. The Morgan fingerprint density at radius 1 is 0.912 bits per heavy atom. The summed E-state index contributed by atoms with van der Waals surface area (Å²) in [5, 5.41) is 3.51. The summed E-state index contributed by atoms with van der Waals surface area (Å²) in [7, 11) is -3.82. The maximum atomic E-state index is 14.8. The number of fused-ring (bicyclic) bond motifs is 1. The first kappa shape index (κ1) is 21.5. The average Bonchev–Trinajstić information content (AvgIpc) is 3.34. The second-order valence-electron chi connectivity index (χ2n) is 7.33. The molecule has 2 heterocycles. The molecule has 0 spiro atoms. The molecule has 168 valence electrons. The van der Waals surface area contributed by atoms with Gasteiger partial charge in [-0.2, -0.15) is 0 Å². The van der Waals surface area contributed by atoms with Crippen LogP contribution in [0.2, 0.25) is 0 Å². The first-order valence-corrected chi connectivity index (χ1v) is 11.6. The normalized spacial score (nSPS) is 11.4. The van der Waals surface area contributed by atoms with Crippen molar-refractivity contribution < 1.29 is 22.0 Å². The van der Waals surface area contributed by atoms with Crippen LogP contribution in [0, 0.1) is 5.82 Å². The van der Waals surface area contributed by atoms with Crippen molar-refractivity contribution in [3.05, 3.63) is 96.8 Å². The van der Waals surface area contributed by atoms with Crippen LogP contribution in [0.5, 0.6) is 0 Å². The minimum Gasteiger partial charge on any atom is -0.453 e. The van der Waals surface area contributed by atoms with Crippen LogP contribution < -0.4 is 5.32 Å². The molecule has 7 nitrogen and oxygen atoms in total. The lowest BCUT2D eigenvalue weighted by Crippen LogP contribution is -2.06. The number of hydrogen-bond acceptors (Lipinski definition) is 7. The number of furan rings is 1. The molecular formula is C25H16FN3O4S. The SMILES string of the molecule is O=Cc1ccc(-c2cc3c(Nc4ccccc4S(=O)(=O)c4ccccc4)ncnc3cc2F)o1. The standard InChI is InChI=1S/C25H16FN3O4S/c26-20-13-22-19(12-18(20)23-11-10-16(14-30)33-23)25(28-15-27-22)29-21-8-4-5-9-24(21)34(31,32)17-6-2-1-3-7-17/h1-15H,(H,27,28,29). The summed E-state index contributed by atoms with van der Waals surface area (Å²) in [6, 6.07) is 20.2. The van der Waals surface area contributed by atoms with E-state index in [-0.39, 0.29) is 32.7 Å². The van der Waals surface area contributed by atoms with Gasteiger partial charge >= 0.3 is 0 Å². The molecule has 0 unspecified atom stereocenters. The number of para-hydroxylation sites is 1. The van der Waals surface area contributed by atoms with Crippen molar-refractivity contribution in [2.45, 2.75) is 9.79 Å². The van der Waals surface area contributed by atoms with Crippen LogP contribution in [0.1, 0.15) is 10.6 Å². The van der Waals surface area contributed by atoms with Gasteiger partial charge in [-0.3, -0.25) is 4.79 Å². The Hall–Kier alpha value is -4.37. The van der Waals surface area contributed by atoms with Crippen LogP contribution in [0.4, 0.5) is 15.9 Å². The fraction of sp³-hybridized carbons (Fsp3) is 0. The molecule has 0 amide bonds. The molecule has 1 N–H and O–H groups in total. The molecule has 5 rings (SSSR count). The maximum Gasteiger partial charge on any atom is 0.208 e. The minimum absolute atomic E-state index is 0.0666. The smallest absolute Gasteiger partial charge is 0.208 e. The summed E-state index contributed by atoms with van der Waals surface area (Å²) in [6.07, 6.45) is 1.79.